The van der Waals surface area contributed by atoms with Crippen LogP contribution in [0.5, 0.6) is 0 Å². The molecule has 1 aliphatic heterocycles. The topological polar surface area (TPSA) is 15.3 Å². The maximum Gasteiger partial charge on any atom is 0.0107 e. The smallest absolute Gasteiger partial charge is 0.0107 e. The highest BCUT2D eigenvalue weighted by atomic mass is 15.2. The summed E-state index contributed by atoms with van der Waals surface area (Å²) in [6, 6.07) is 0.868. The molecule has 0 aromatic carbocycles. The molecular weight excluding hydrogens is 172 g/mol. The second-order valence-corrected chi connectivity index (χ2v) is 5.77. The molecule has 0 spiro atoms. The van der Waals surface area contributed by atoms with Gasteiger partial charge in [-0.25, -0.2) is 0 Å². The highest BCUT2D eigenvalue weighted by Gasteiger charge is 2.26. The Balaban J connectivity index is 1.63. The van der Waals surface area contributed by atoms with E-state index in [0.29, 0.717) is 5.41 Å². The number of likely N-dealkylation sites (tertiary alicyclic amines) is 1. The number of rotatable bonds is 4. The Labute approximate surface area is 88.1 Å². The zero-order valence-corrected chi connectivity index (χ0v) is 9.68. The van der Waals surface area contributed by atoms with Gasteiger partial charge in [-0.15, -0.1) is 0 Å². The van der Waals surface area contributed by atoms with E-state index in [9.17, 15) is 0 Å². The number of nitrogens with zero attached hydrogens (tertiary/aromatic N) is 1. The molecule has 1 saturated carbocycles. The van der Waals surface area contributed by atoms with E-state index < -0.39 is 0 Å². The van der Waals surface area contributed by atoms with Crippen LogP contribution in [0.15, 0.2) is 0 Å². The molecular formula is C12H24N2. The summed E-state index contributed by atoms with van der Waals surface area (Å²) < 4.78 is 0. The normalized spacial score (nSPS) is 27.9. The summed E-state index contributed by atoms with van der Waals surface area (Å²) in [6.07, 6.45) is 5.60. The fourth-order valence-corrected chi connectivity index (χ4v) is 2.45. The lowest BCUT2D eigenvalue weighted by atomic mass is 9.84. The zero-order chi connectivity index (χ0) is 10.0. The molecule has 1 aliphatic carbocycles. The number of piperidine rings is 1. The molecule has 82 valence electrons. The van der Waals surface area contributed by atoms with Crippen molar-refractivity contribution in [2.24, 2.45) is 5.41 Å². The van der Waals surface area contributed by atoms with E-state index >= 15 is 0 Å². The van der Waals surface area contributed by atoms with Gasteiger partial charge in [0.2, 0.25) is 0 Å². The molecule has 0 aromatic heterocycles. The van der Waals surface area contributed by atoms with Gasteiger partial charge in [-0.1, -0.05) is 13.8 Å². The van der Waals surface area contributed by atoms with Gasteiger partial charge in [-0.2, -0.15) is 0 Å². The minimum absolute atomic E-state index is 0.553. The number of hydrogen-bond donors (Lipinski definition) is 1. The lowest BCUT2D eigenvalue weighted by Gasteiger charge is -2.38. The van der Waals surface area contributed by atoms with E-state index in [1.807, 2.05) is 0 Å². The Morgan fingerprint density at radius 3 is 2.79 bits per heavy atom. The first-order valence-electron chi connectivity index (χ1n) is 6.11. The standard InChI is InChI=1S/C12H24N2/c1-12(2)6-3-8-14(10-12)9-7-13-11-4-5-11/h11,13H,3-10H2,1-2H3. The molecule has 2 rings (SSSR count). The van der Waals surface area contributed by atoms with Gasteiger partial charge in [-0.3, -0.25) is 0 Å². The maximum absolute atomic E-state index is 3.59. The highest BCUT2D eigenvalue weighted by molar-refractivity contribution is 4.83. The van der Waals surface area contributed by atoms with E-state index in [-0.39, 0.29) is 0 Å². The molecule has 0 bridgehead atoms. The fourth-order valence-electron chi connectivity index (χ4n) is 2.45. The van der Waals surface area contributed by atoms with Gasteiger partial charge >= 0.3 is 0 Å². The predicted molar refractivity (Wildman–Crippen MR) is 60.5 cm³/mol. The first kappa shape index (κ1) is 10.4. The molecule has 2 fully saturated rings. The molecule has 0 unspecified atom stereocenters. The van der Waals surface area contributed by atoms with Crippen LogP contribution < -0.4 is 5.32 Å². The molecule has 1 saturated heterocycles. The largest absolute Gasteiger partial charge is 0.313 e. The molecule has 2 nitrogen and oxygen atoms in total. The zero-order valence-electron chi connectivity index (χ0n) is 9.68. The van der Waals surface area contributed by atoms with Gasteiger partial charge in [0.1, 0.15) is 0 Å². The first-order chi connectivity index (χ1) is 6.66. The van der Waals surface area contributed by atoms with Gasteiger partial charge in [-0.05, 0) is 37.6 Å². The second-order valence-electron chi connectivity index (χ2n) is 5.77. The third-order valence-electron chi connectivity index (χ3n) is 3.42. The molecule has 14 heavy (non-hydrogen) atoms. The molecule has 1 heterocycles. The summed E-state index contributed by atoms with van der Waals surface area (Å²) in [4.78, 5) is 2.62. The molecule has 0 atom stereocenters. The minimum atomic E-state index is 0.553. The van der Waals surface area contributed by atoms with Crippen LogP contribution in [-0.4, -0.2) is 37.1 Å². The van der Waals surface area contributed by atoms with Crippen molar-refractivity contribution in [2.75, 3.05) is 26.2 Å². The summed E-state index contributed by atoms with van der Waals surface area (Å²) >= 11 is 0. The Bertz CT molecular complexity index is 185. The monoisotopic (exact) mass is 196 g/mol. The third kappa shape index (κ3) is 3.25. The summed E-state index contributed by atoms with van der Waals surface area (Å²) in [7, 11) is 0. The average molecular weight is 196 g/mol. The summed E-state index contributed by atoms with van der Waals surface area (Å²) in [5.41, 5.74) is 0.553. The van der Waals surface area contributed by atoms with E-state index in [1.165, 1.54) is 51.9 Å². The molecule has 1 N–H and O–H groups in total. The van der Waals surface area contributed by atoms with Gasteiger partial charge in [0.25, 0.3) is 0 Å². The third-order valence-corrected chi connectivity index (χ3v) is 3.42. The Hall–Kier alpha value is -0.0800. The lowest BCUT2D eigenvalue weighted by molar-refractivity contribution is 0.118. The highest BCUT2D eigenvalue weighted by Crippen LogP contribution is 2.28. The van der Waals surface area contributed by atoms with E-state index in [1.54, 1.807) is 0 Å². The molecule has 0 amide bonds. The Kier molecular flexibility index (Phi) is 3.13. The van der Waals surface area contributed by atoms with E-state index in [4.69, 9.17) is 0 Å². The summed E-state index contributed by atoms with van der Waals surface area (Å²) in [5, 5.41) is 3.59. The predicted octanol–water partition coefficient (Wildman–Crippen LogP) is 1.86. The SMILES string of the molecule is CC1(C)CCCN(CCNC2CC2)C1. The summed E-state index contributed by atoms with van der Waals surface area (Å²) in [6.45, 7) is 9.84. The fraction of sp³-hybridized carbons (Fsp3) is 1.00. The van der Waals surface area contributed by atoms with Crippen molar-refractivity contribution in [3.8, 4) is 0 Å². The molecule has 0 aromatic rings. The van der Waals surface area contributed by atoms with Gasteiger partial charge in [0, 0.05) is 25.7 Å². The van der Waals surface area contributed by atoms with Crippen molar-refractivity contribution in [2.45, 2.75) is 45.6 Å². The van der Waals surface area contributed by atoms with Crippen molar-refractivity contribution in [3.63, 3.8) is 0 Å². The quantitative estimate of drug-likeness (QED) is 0.738. The summed E-state index contributed by atoms with van der Waals surface area (Å²) in [5.74, 6) is 0. The van der Waals surface area contributed by atoms with Crippen molar-refractivity contribution in [1.82, 2.24) is 10.2 Å². The van der Waals surface area contributed by atoms with Crippen LogP contribution >= 0.6 is 0 Å². The molecule has 2 aliphatic rings. The van der Waals surface area contributed by atoms with Crippen molar-refractivity contribution in [3.05, 3.63) is 0 Å². The second kappa shape index (κ2) is 4.19. The van der Waals surface area contributed by atoms with Crippen LogP contribution in [0, 0.1) is 5.41 Å². The van der Waals surface area contributed by atoms with Crippen molar-refractivity contribution in [1.29, 1.82) is 0 Å². The molecule has 0 radical (unpaired) electrons. The maximum atomic E-state index is 3.59. The number of hydrogen-bond acceptors (Lipinski definition) is 2. The average Bonchev–Trinajstić information content (AvgIpc) is 2.86. The van der Waals surface area contributed by atoms with Crippen LogP contribution in [-0.2, 0) is 0 Å². The Morgan fingerprint density at radius 1 is 1.36 bits per heavy atom. The minimum Gasteiger partial charge on any atom is -0.313 e. The lowest BCUT2D eigenvalue weighted by Crippen LogP contribution is -2.43. The van der Waals surface area contributed by atoms with Crippen LogP contribution in [0.25, 0.3) is 0 Å². The van der Waals surface area contributed by atoms with Gasteiger partial charge in [0.15, 0.2) is 0 Å². The van der Waals surface area contributed by atoms with Crippen molar-refractivity contribution >= 4 is 0 Å². The molecule has 2 heteroatoms. The number of nitrogens with one attached hydrogen (secondary N) is 1. The van der Waals surface area contributed by atoms with Gasteiger partial charge in [0.05, 0.1) is 0 Å². The van der Waals surface area contributed by atoms with Crippen LogP contribution in [0.1, 0.15) is 39.5 Å². The van der Waals surface area contributed by atoms with Crippen LogP contribution in [0.3, 0.4) is 0 Å². The van der Waals surface area contributed by atoms with Crippen LogP contribution in [0.2, 0.25) is 0 Å². The van der Waals surface area contributed by atoms with Crippen LogP contribution in [0.4, 0.5) is 0 Å². The first-order valence-corrected chi connectivity index (χ1v) is 6.11. The van der Waals surface area contributed by atoms with Gasteiger partial charge < -0.3 is 10.2 Å². The van der Waals surface area contributed by atoms with E-state index in [0.717, 1.165) is 6.04 Å². The van der Waals surface area contributed by atoms with E-state index in [2.05, 4.69) is 24.1 Å². The van der Waals surface area contributed by atoms with Crippen molar-refractivity contribution < 1.29 is 0 Å². The Morgan fingerprint density at radius 2 is 2.14 bits per heavy atom.